The Balaban J connectivity index is 1.67. The third-order valence-corrected chi connectivity index (χ3v) is 3.67. The molecule has 110 valence electrons. The summed E-state index contributed by atoms with van der Waals surface area (Å²) in [6, 6.07) is 5.40. The zero-order chi connectivity index (χ0) is 14.7. The molecule has 0 spiro atoms. The molecule has 0 radical (unpaired) electrons. The van der Waals surface area contributed by atoms with Gasteiger partial charge in [-0.3, -0.25) is 10.2 Å². The van der Waals surface area contributed by atoms with Gasteiger partial charge in [0.05, 0.1) is 6.04 Å². The lowest BCUT2D eigenvalue weighted by Gasteiger charge is -2.38. The molecule has 1 saturated heterocycles. The minimum atomic E-state index is -0.127. The molecule has 0 saturated carbocycles. The summed E-state index contributed by atoms with van der Waals surface area (Å²) < 4.78 is 0. The Morgan fingerprint density at radius 3 is 2.95 bits per heavy atom. The van der Waals surface area contributed by atoms with Gasteiger partial charge in [0, 0.05) is 38.2 Å². The van der Waals surface area contributed by atoms with Crippen molar-refractivity contribution in [2.24, 2.45) is 0 Å². The van der Waals surface area contributed by atoms with E-state index >= 15 is 0 Å². The molecule has 1 aliphatic heterocycles. The van der Waals surface area contributed by atoms with Crippen molar-refractivity contribution in [2.45, 2.75) is 6.04 Å². The second-order valence-corrected chi connectivity index (χ2v) is 5.06. The molecule has 1 aliphatic rings. The van der Waals surface area contributed by atoms with Crippen LogP contribution in [0.2, 0.25) is 0 Å². The van der Waals surface area contributed by atoms with Crippen molar-refractivity contribution >= 4 is 11.8 Å². The fraction of sp³-hybridized carbons (Fsp3) is 0.357. The number of amides is 2. The fourth-order valence-corrected chi connectivity index (χ4v) is 2.44. The van der Waals surface area contributed by atoms with Crippen molar-refractivity contribution in [3.05, 3.63) is 42.6 Å². The molecule has 21 heavy (non-hydrogen) atoms. The topological polar surface area (TPSA) is 77.2 Å². The van der Waals surface area contributed by atoms with Gasteiger partial charge in [-0.1, -0.05) is 6.07 Å². The molecule has 2 aromatic rings. The SMILES string of the molecule is CN1CCN(C(=O)Nc2ccccn2)C[C@H]1c1ncc[nH]1. The number of aromatic nitrogens is 3. The molecule has 3 rings (SSSR count). The Bertz CT molecular complexity index is 585. The Hall–Kier alpha value is -2.41. The summed E-state index contributed by atoms with van der Waals surface area (Å²) in [6.07, 6.45) is 5.19. The van der Waals surface area contributed by atoms with Gasteiger partial charge in [0.1, 0.15) is 11.6 Å². The van der Waals surface area contributed by atoms with Crippen LogP contribution in [-0.4, -0.2) is 57.5 Å². The Labute approximate surface area is 123 Å². The maximum Gasteiger partial charge on any atom is 0.323 e. The van der Waals surface area contributed by atoms with Crippen LogP contribution in [0.4, 0.5) is 10.6 Å². The van der Waals surface area contributed by atoms with Crippen LogP contribution in [0, 0.1) is 0 Å². The number of hydrogen-bond acceptors (Lipinski definition) is 4. The first-order chi connectivity index (χ1) is 10.2. The highest BCUT2D eigenvalue weighted by Gasteiger charge is 2.29. The van der Waals surface area contributed by atoms with Gasteiger partial charge in [0.25, 0.3) is 0 Å². The predicted octanol–water partition coefficient (Wildman–Crippen LogP) is 1.33. The van der Waals surface area contributed by atoms with Gasteiger partial charge in [-0.15, -0.1) is 0 Å². The highest BCUT2D eigenvalue weighted by Crippen LogP contribution is 2.21. The van der Waals surface area contributed by atoms with E-state index in [1.54, 1.807) is 29.6 Å². The average Bonchev–Trinajstić information content (AvgIpc) is 3.03. The number of urea groups is 1. The van der Waals surface area contributed by atoms with E-state index in [0.717, 1.165) is 12.4 Å². The molecule has 0 aromatic carbocycles. The molecule has 7 heteroatoms. The van der Waals surface area contributed by atoms with Crippen LogP contribution < -0.4 is 5.32 Å². The van der Waals surface area contributed by atoms with Crippen LogP contribution in [0.5, 0.6) is 0 Å². The van der Waals surface area contributed by atoms with Crippen molar-refractivity contribution < 1.29 is 4.79 Å². The van der Waals surface area contributed by atoms with Crippen molar-refractivity contribution in [3.8, 4) is 0 Å². The number of likely N-dealkylation sites (N-methyl/N-ethyl adjacent to an activating group) is 1. The van der Waals surface area contributed by atoms with Gasteiger partial charge in [0.15, 0.2) is 0 Å². The molecular weight excluding hydrogens is 268 g/mol. The lowest BCUT2D eigenvalue weighted by atomic mass is 10.1. The number of piperazine rings is 1. The Morgan fingerprint density at radius 2 is 2.24 bits per heavy atom. The molecular formula is C14H18N6O. The van der Waals surface area contributed by atoms with Crippen molar-refractivity contribution in [3.63, 3.8) is 0 Å². The monoisotopic (exact) mass is 286 g/mol. The number of aromatic amines is 1. The van der Waals surface area contributed by atoms with E-state index in [2.05, 4.69) is 25.2 Å². The number of nitrogens with one attached hydrogen (secondary N) is 2. The van der Waals surface area contributed by atoms with E-state index in [0.29, 0.717) is 18.9 Å². The van der Waals surface area contributed by atoms with Gasteiger partial charge in [-0.05, 0) is 19.2 Å². The smallest absolute Gasteiger partial charge is 0.323 e. The summed E-state index contributed by atoms with van der Waals surface area (Å²) in [4.78, 5) is 27.8. The standard InChI is InChI=1S/C14H18N6O/c1-19-8-9-20(10-11(19)13-16-6-7-17-13)14(21)18-12-4-2-3-5-15-12/h2-7,11H,8-10H2,1H3,(H,16,17)(H,15,18,21)/t11-/m0/s1. The van der Waals surface area contributed by atoms with Gasteiger partial charge in [-0.2, -0.15) is 0 Å². The van der Waals surface area contributed by atoms with Crippen molar-refractivity contribution in [2.75, 3.05) is 32.0 Å². The van der Waals surface area contributed by atoms with Gasteiger partial charge in [0.2, 0.25) is 0 Å². The number of carbonyl (C=O) groups excluding carboxylic acids is 1. The highest BCUT2D eigenvalue weighted by molar-refractivity contribution is 5.88. The first-order valence-electron chi connectivity index (χ1n) is 6.90. The van der Waals surface area contributed by atoms with Crippen LogP contribution in [0.15, 0.2) is 36.8 Å². The molecule has 2 N–H and O–H groups in total. The van der Waals surface area contributed by atoms with E-state index in [1.165, 1.54) is 0 Å². The lowest BCUT2D eigenvalue weighted by molar-refractivity contribution is 0.112. The molecule has 1 atom stereocenters. The first kappa shape index (κ1) is 13.6. The maximum absolute atomic E-state index is 12.3. The molecule has 2 aromatic heterocycles. The van der Waals surface area contributed by atoms with E-state index in [9.17, 15) is 4.79 Å². The minimum absolute atomic E-state index is 0.0863. The molecule has 1 fully saturated rings. The predicted molar refractivity (Wildman–Crippen MR) is 78.8 cm³/mol. The number of hydrogen-bond donors (Lipinski definition) is 2. The largest absolute Gasteiger partial charge is 0.347 e. The second kappa shape index (κ2) is 5.92. The van der Waals surface area contributed by atoms with E-state index in [1.807, 2.05) is 19.2 Å². The molecule has 3 heterocycles. The number of rotatable bonds is 2. The summed E-state index contributed by atoms with van der Waals surface area (Å²) in [6.45, 7) is 2.09. The molecule has 0 aliphatic carbocycles. The van der Waals surface area contributed by atoms with Crippen LogP contribution in [0.25, 0.3) is 0 Å². The number of imidazole rings is 1. The molecule has 2 amide bonds. The van der Waals surface area contributed by atoms with Crippen LogP contribution in [0.1, 0.15) is 11.9 Å². The molecule has 7 nitrogen and oxygen atoms in total. The number of anilines is 1. The number of carbonyl (C=O) groups is 1. The Morgan fingerprint density at radius 1 is 1.33 bits per heavy atom. The van der Waals surface area contributed by atoms with Crippen LogP contribution >= 0.6 is 0 Å². The average molecular weight is 286 g/mol. The third kappa shape index (κ3) is 3.03. The van der Waals surface area contributed by atoms with Gasteiger partial charge in [-0.25, -0.2) is 14.8 Å². The number of H-pyrrole nitrogens is 1. The molecule has 0 unspecified atom stereocenters. The van der Waals surface area contributed by atoms with Crippen molar-refractivity contribution in [1.29, 1.82) is 0 Å². The van der Waals surface area contributed by atoms with Gasteiger partial charge < -0.3 is 9.88 Å². The summed E-state index contributed by atoms with van der Waals surface area (Å²) in [5.41, 5.74) is 0. The first-order valence-corrected chi connectivity index (χ1v) is 6.90. The van der Waals surface area contributed by atoms with Gasteiger partial charge >= 0.3 is 6.03 Å². The van der Waals surface area contributed by atoms with E-state index < -0.39 is 0 Å². The second-order valence-electron chi connectivity index (χ2n) is 5.06. The number of pyridine rings is 1. The summed E-state index contributed by atoms with van der Waals surface area (Å²) in [7, 11) is 2.04. The van der Waals surface area contributed by atoms with Crippen LogP contribution in [0.3, 0.4) is 0 Å². The highest BCUT2D eigenvalue weighted by atomic mass is 16.2. The number of nitrogens with zero attached hydrogens (tertiary/aromatic N) is 4. The van der Waals surface area contributed by atoms with E-state index in [4.69, 9.17) is 0 Å². The quantitative estimate of drug-likeness (QED) is 0.873. The maximum atomic E-state index is 12.3. The van der Waals surface area contributed by atoms with E-state index in [-0.39, 0.29) is 12.1 Å². The minimum Gasteiger partial charge on any atom is -0.347 e. The summed E-state index contributed by atoms with van der Waals surface area (Å²) in [5.74, 6) is 1.45. The molecule has 0 bridgehead atoms. The summed E-state index contributed by atoms with van der Waals surface area (Å²) >= 11 is 0. The lowest BCUT2D eigenvalue weighted by Crippen LogP contribution is -2.50. The third-order valence-electron chi connectivity index (χ3n) is 3.67. The van der Waals surface area contributed by atoms with Crippen LogP contribution in [-0.2, 0) is 0 Å². The normalized spacial score (nSPS) is 19.5. The zero-order valence-corrected chi connectivity index (χ0v) is 11.9. The fourth-order valence-electron chi connectivity index (χ4n) is 2.44. The zero-order valence-electron chi connectivity index (χ0n) is 11.9. The Kier molecular flexibility index (Phi) is 3.83. The summed E-state index contributed by atoms with van der Waals surface area (Å²) in [5, 5.41) is 2.82. The van der Waals surface area contributed by atoms with Crippen molar-refractivity contribution in [1.82, 2.24) is 24.8 Å².